The monoisotopic (exact) mass is 278 g/mol. The van der Waals surface area contributed by atoms with E-state index in [0.29, 0.717) is 24.0 Å². The van der Waals surface area contributed by atoms with Crippen molar-refractivity contribution >= 4 is 37.1 Å². The fourth-order valence-electron chi connectivity index (χ4n) is 1.75. The highest BCUT2D eigenvalue weighted by Crippen LogP contribution is 2.27. The molecule has 1 aliphatic rings. The Bertz CT molecular complexity index is 551. The SMILES string of the molecule is O=C1c2ccc(S(=O)(=O)Cl)cc2CCC1Cl. The number of aryl methyl sites for hydroxylation is 1. The quantitative estimate of drug-likeness (QED) is 0.585. The Labute approximate surface area is 103 Å². The van der Waals surface area contributed by atoms with Gasteiger partial charge in [0.25, 0.3) is 9.05 Å². The van der Waals surface area contributed by atoms with Crippen molar-refractivity contribution in [2.75, 3.05) is 0 Å². The van der Waals surface area contributed by atoms with Gasteiger partial charge in [0.05, 0.1) is 10.3 Å². The zero-order valence-electron chi connectivity index (χ0n) is 8.11. The average molecular weight is 279 g/mol. The summed E-state index contributed by atoms with van der Waals surface area (Å²) in [7, 11) is 1.49. The van der Waals surface area contributed by atoms with E-state index in [2.05, 4.69) is 0 Å². The molecule has 1 aromatic carbocycles. The molecule has 0 N–H and O–H groups in total. The normalized spacial score (nSPS) is 20.6. The molecule has 86 valence electrons. The number of Topliss-reactive ketones (excluding diaryl/α,β-unsaturated/α-hetero) is 1. The van der Waals surface area contributed by atoms with E-state index in [1.165, 1.54) is 18.2 Å². The molecule has 0 spiro atoms. The molecule has 16 heavy (non-hydrogen) atoms. The summed E-state index contributed by atoms with van der Waals surface area (Å²) in [5.41, 5.74) is 1.19. The maximum absolute atomic E-state index is 11.7. The largest absolute Gasteiger partial charge is 0.292 e. The van der Waals surface area contributed by atoms with Crippen molar-refractivity contribution in [3.63, 3.8) is 0 Å². The second kappa shape index (κ2) is 4.02. The van der Waals surface area contributed by atoms with Gasteiger partial charge in [-0.2, -0.15) is 0 Å². The molecule has 0 radical (unpaired) electrons. The first-order valence-corrected chi connectivity index (χ1v) is 7.40. The van der Waals surface area contributed by atoms with Gasteiger partial charge >= 0.3 is 0 Å². The molecular weight excluding hydrogens is 271 g/mol. The standard InChI is InChI=1S/C10H8Cl2O3S/c11-9-4-1-6-5-7(16(12,14)15)2-3-8(6)10(9)13/h2-3,5,9H,1,4H2. The molecular formula is C10H8Cl2O3S. The first kappa shape index (κ1) is 11.9. The Balaban J connectivity index is 2.54. The topological polar surface area (TPSA) is 51.2 Å². The van der Waals surface area contributed by atoms with Crippen LogP contribution in [0.2, 0.25) is 0 Å². The van der Waals surface area contributed by atoms with Gasteiger partial charge in [0, 0.05) is 16.2 Å². The van der Waals surface area contributed by atoms with E-state index in [1.54, 1.807) is 0 Å². The Morgan fingerprint density at radius 1 is 1.31 bits per heavy atom. The maximum atomic E-state index is 11.7. The molecule has 0 bridgehead atoms. The summed E-state index contributed by atoms with van der Waals surface area (Å²) in [6, 6.07) is 4.24. The molecule has 0 aromatic heterocycles. The molecule has 1 aromatic rings. The molecule has 0 heterocycles. The van der Waals surface area contributed by atoms with Crippen LogP contribution in [0.5, 0.6) is 0 Å². The minimum absolute atomic E-state index is 0.0220. The predicted octanol–water partition coefficient (Wildman–Crippen LogP) is 2.35. The van der Waals surface area contributed by atoms with Crippen molar-refractivity contribution in [1.82, 2.24) is 0 Å². The molecule has 3 nitrogen and oxygen atoms in total. The lowest BCUT2D eigenvalue weighted by Crippen LogP contribution is -2.22. The van der Waals surface area contributed by atoms with Crippen LogP contribution >= 0.6 is 22.3 Å². The molecule has 1 atom stereocenters. The van der Waals surface area contributed by atoms with Gasteiger partial charge in [0.2, 0.25) is 0 Å². The molecule has 0 amide bonds. The summed E-state index contributed by atoms with van der Waals surface area (Å²) in [5, 5.41) is -0.508. The van der Waals surface area contributed by atoms with Crippen LogP contribution < -0.4 is 0 Å². The number of hydrogen-bond acceptors (Lipinski definition) is 3. The maximum Gasteiger partial charge on any atom is 0.261 e. The van der Waals surface area contributed by atoms with Gasteiger partial charge in [0.15, 0.2) is 5.78 Å². The van der Waals surface area contributed by atoms with Crippen molar-refractivity contribution in [3.8, 4) is 0 Å². The van der Waals surface area contributed by atoms with E-state index in [4.69, 9.17) is 22.3 Å². The summed E-state index contributed by atoms with van der Waals surface area (Å²) < 4.78 is 22.2. The van der Waals surface area contributed by atoms with Crippen molar-refractivity contribution in [2.24, 2.45) is 0 Å². The number of hydrogen-bond donors (Lipinski definition) is 0. The van der Waals surface area contributed by atoms with Crippen molar-refractivity contribution in [3.05, 3.63) is 29.3 Å². The number of alkyl halides is 1. The summed E-state index contributed by atoms with van der Waals surface area (Å²) in [6.07, 6.45) is 1.12. The van der Waals surface area contributed by atoms with Gasteiger partial charge in [-0.05, 0) is 36.6 Å². The van der Waals surface area contributed by atoms with Crippen molar-refractivity contribution in [1.29, 1.82) is 0 Å². The molecule has 1 unspecified atom stereocenters. The smallest absolute Gasteiger partial charge is 0.261 e. The summed E-state index contributed by atoms with van der Waals surface area (Å²) in [5.74, 6) is -0.151. The van der Waals surface area contributed by atoms with Crippen LogP contribution in [0.15, 0.2) is 23.1 Å². The lowest BCUT2D eigenvalue weighted by Gasteiger charge is -2.18. The van der Waals surface area contributed by atoms with Crippen LogP contribution in [0.25, 0.3) is 0 Å². The Morgan fingerprint density at radius 3 is 2.62 bits per heavy atom. The van der Waals surface area contributed by atoms with Crippen molar-refractivity contribution in [2.45, 2.75) is 23.1 Å². The van der Waals surface area contributed by atoms with Crippen LogP contribution in [-0.4, -0.2) is 19.6 Å². The van der Waals surface area contributed by atoms with E-state index in [9.17, 15) is 13.2 Å². The highest BCUT2D eigenvalue weighted by Gasteiger charge is 2.26. The Hall–Kier alpha value is -0.580. The van der Waals surface area contributed by atoms with Crippen LogP contribution in [0.4, 0.5) is 0 Å². The number of carbonyl (C=O) groups excluding carboxylic acids is 1. The third-order valence-corrected chi connectivity index (χ3v) is 4.34. The number of ketones is 1. The van der Waals surface area contributed by atoms with Gasteiger partial charge in [-0.25, -0.2) is 8.42 Å². The fraction of sp³-hybridized carbons (Fsp3) is 0.300. The molecule has 2 rings (SSSR count). The van der Waals surface area contributed by atoms with E-state index >= 15 is 0 Å². The second-order valence-electron chi connectivity index (χ2n) is 3.63. The Kier molecular flexibility index (Phi) is 2.99. The zero-order chi connectivity index (χ0) is 11.9. The molecule has 0 fully saturated rings. The van der Waals surface area contributed by atoms with Crippen LogP contribution in [0.1, 0.15) is 22.3 Å². The highest BCUT2D eigenvalue weighted by atomic mass is 35.7. The van der Waals surface area contributed by atoms with Gasteiger partial charge in [-0.15, -0.1) is 11.6 Å². The van der Waals surface area contributed by atoms with Crippen LogP contribution in [-0.2, 0) is 15.5 Å². The fourth-order valence-corrected chi connectivity index (χ4v) is 2.78. The average Bonchev–Trinajstić information content (AvgIpc) is 2.22. The predicted molar refractivity (Wildman–Crippen MR) is 61.8 cm³/mol. The van der Waals surface area contributed by atoms with Crippen LogP contribution in [0, 0.1) is 0 Å². The molecule has 0 saturated heterocycles. The molecule has 1 aliphatic carbocycles. The van der Waals surface area contributed by atoms with Gasteiger partial charge < -0.3 is 0 Å². The van der Waals surface area contributed by atoms with E-state index in [0.717, 1.165) is 0 Å². The van der Waals surface area contributed by atoms with Crippen molar-refractivity contribution < 1.29 is 13.2 Å². The van der Waals surface area contributed by atoms with E-state index in [1.807, 2.05) is 0 Å². The lowest BCUT2D eigenvalue weighted by molar-refractivity contribution is 0.0976. The number of rotatable bonds is 1. The first-order chi connectivity index (χ1) is 7.39. The third-order valence-electron chi connectivity index (χ3n) is 2.58. The summed E-state index contributed by atoms with van der Waals surface area (Å²) in [4.78, 5) is 11.7. The zero-order valence-corrected chi connectivity index (χ0v) is 10.4. The molecule has 0 saturated carbocycles. The lowest BCUT2D eigenvalue weighted by atomic mass is 9.90. The number of carbonyl (C=O) groups is 1. The van der Waals surface area contributed by atoms with Crippen LogP contribution in [0.3, 0.4) is 0 Å². The summed E-state index contributed by atoms with van der Waals surface area (Å²) >= 11 is 5.83. The third kappa shape index (κ3) is 2.10. The van der Waals surface area contributed by atoms with E-state index < -0.39 is 14.4 Å². The second-order valence-corrected chi connectivity index (χ2v) is 6.72. The first-order valence-electron chi connectivity index (χ1n) is 4.65. The number of benzene rings is 1. The number of fused-ring (bicyclic) bond motifs is 1. The van der Waals surface area contributed by atoms with Gasteiger partial charge in [-0.3, -0.25) is 4.79 Å². The minimum Gasteiger partial charge on any atom is -0.292 e. The molecule has 0 aliphatic heterocycles. The van der Waals surface area contributed by atoms with E-state index in [-0.39, 0.29) is 10.7 Å². The minimum atomic E-state index is -3.74. The van der Waals surface area contributed by atoms with Gasteiger partial charge in [0.1, 0.15) is 0 Å². The Morgan fingerprint density at radius 2 is 2.00 bits per heavy atom. The summed E-state index contributed by atoms with van der Waals surface area (Å²) in [6.45, 7) is 0. The van der Waals surface area contributed by atoms with Gasteiger partial charge in [-0.1, -0.05) is 0 Å². The molecule has 6 heteroatoms. The number of halogens is 2. The highest BCUT2D eigenvalue weighted by molar-refractivity contribution is 8.13.